The van der Waals surface area contributed by atoms with Gasteiger partial charge in [-0.3, -0.25) is 0 Å². The number of hydrogen-bond acceptors (Lipinski definition) is 2. The predicted molar refractivity (Wildman–Crippen MR) is 118 cm³/mol. The Morgan fingerprint density at radius 3 is 2.64 bits per heavy atom. The minimum Gasteiger partial charge on any atom is -0.492 e. The molecule has 2 heteroatoms. The highest BCUT2D eigenvalue weighted by atomic mass is 16.5. The van der Waals surface area contributed by atoms with E-state index in [1.807, 2.05) is 0 Å². The summed E-state index contributed by atoms with van der Waals surface area (Å²) in [5.41, 5.74) is 3.87. The highest BCUT2D eigenvalue weighted by Crippen LogP contribution is 2.63. The van der Waals surface area contributed by atoms with Gasteiger partial charge >= 0.3 is 0 Å². The Kier molecular flexibility index (Phi) is 6.06. The number of aryl methyl sites for hydroxylation is 1. The molecule has 1 aromatic rings. The molecule has 1 aromatic carbocycles. The molecule has 0 aromatic heterocycles. The van der Waals surface area contributed by atoms with Crippen LogP contribution in [0, 0.1) is 23.2 Å². The van der Waals surface area contributed by atoms with Gasteiger partial charge in [0.05, 0.1) is 0 Å². The average Bonchev–Trinajstić information content (AvgIpc) is 3.07. The highest BCUT2D eigenvalue weighted by Gasteiger charge is 2.53. The molecular formula is C26H41NO. The van der Waals surface area contributed by atoms with Gasteiger partial charge in [0.15, 0.2) is 0 Å². The van der Waals surface area contributed by atoms with Crippen molar-refractivity contribution in [2.75, 3.05) is 26.2 Å². The van der Waals surface area contributed by atoms with Crippen molar-refractivity contribution in [1.82, 2.24) is 4.90 Å². The number of ether oxygens (including phenoxy) is 1. The molecule has 0 aliphatic heterocycles. The first kappa shape index (κ1) is 20.3. The van der Waals surface area contributed by atoms with Crippen molar-refractivity contribution in [3.05, 3.63) is 29.3 Å². The van der Waals surface area contributed by atoms with Gasteiger partial charge in [-0.15, -0.1) is 0 Å². The van der Waals surface area contributed by atoms with Gasteiger partial charge in [-0.1, -0.05) is 40.2 Å². The maximum Gasteiger partial charge on any atom is 0.119 e. The van der Waals surface area contributed by atoms with Gasteiger partial charge in [0.2, 0.25) is 0 Å². The normalized spacial score (nSPS) is 34.0. The molecule has 0 unspecified atom stereocenters. The fraction of sp³-hybridized carbons (Fsp3) is 0.769. The van der Waals surface area contributed by atoms with Crippen LogP contribution in [0.4, 0.5) is 0 Å². The largest absolute Gasteiger partial charge is 0.492 e. The molecule has 156 valence electrons. The van der Waals surface area contributed by atoms with Crippen molar-refractivity contribution in [2.45, 2.75) is 78.6 Å². The van der Waals surface area contributed by atoms with E-state index >= 15 is 0 Å². The van der Waals surface area contributed by atoms with Gasteiger partial charge in [0, 0.05) is 6.54 Å². The third-order valence-electron chi connectivity index (χ3n) is 8.96. The van der Waals surface area contributed by atoms with Crippen LogP contribution in [-0.4, -0.2) is 31.1 Å². The third-order valence-corrected chi connectivity index (χ3v) is 8.96. The Morgan fingerprint density at radius 1 is 1.07 bits per heavy atom. The molecule has 2 saturated carbocycles. The summed E-state index contributed by atoms with van der Waals surface area (Å²) < 4.78 is 6.11. The summed E-state index contributed by atoms with van der Waals surface area (Å²) in [6, 6.07) is 7.04. The molecule has 0 bridgehead atoms. The topological polar surface area (TPSA) is 12.5 Å². The monoisotopic (exact) mass is 383 g/mol. The quantitative estimate of drug-likeness (QED) is 0.548. The third kappa shape index (κ3) is 3.51. The van der Waals surface area contributed by atoms with Crippen LogP contribution in [-0.2, 0) is 6.42 Å². The van der Waals surface area contributed by atoms with Crippen molar-refractivity contribution in [1.29, 1.82) is 0 Å². The number of fused-ring (bicyclic) bond motifs is 5. The van der Waals surface area contributed by atoms with Crippen molar-refractivity contribution in [3.8, 4) is 5.75 Å². The first-order valence-corrected chi connectivity index (χ1v) is 12.1. The van der Waals surface area contributed by atoms with Crippen LogP contribution in [0.2, 0.25) is 0 Å². The Morgan fingerprint density at radius 2 is 1.89 bits per heavy atom. The van der Waals surface area contributed by atoms with Crippen LogP contribution in [0.15, 0.2) is 18.2 Å². The molecule has 0 heterocycles. The SMILES string of the molecule is CC[C@H]1CC[C@H]2[C@@H]3CCc4cc(OCCN(CC)CC)ccc4[C@H]3CC[C@]12C. The smallest absolute Gasteiger partial charge is 0.119 e. The van der Waals surface area contributed by atoms with E-state index in [1.165, 1.54) is 44.9 Å². The molecule has 28 heavy (non-hydrogen) atoms. The summed E-state index contributed by atoms with van der Waals surface area (Å²) in [6.45, 7) is 13.5. The lowest BCUT2D eigenvalue weighted by molar-refractivity contribution is 0.0273. The summed E-state index contributed by atoms with van der Waals surface area (Å²) in [7, 11) is 0. The van der Waals surface area contributed by atoms with Gasteiger partial charge in [0.1, 0.15) is 12.4 Å². The van der Waals surface area contributed by atoms with Gasteiger partial charge in [-0.05, 0) is 104 Å². The lowest BCUT2D eigenvalue weighted by atomic mass is 9.54. The molecule has 0 saturated heterocycles. The first-order valence-electron chi connectivity index (χ1n) is 12.1. The predicted octanol–water partition coefficient (Wildman–Crippen LogP) is 6.29. The molecule has 3 aliphatic rings. The van der Waals surface area contributed by atoms with Crippen molar-refractivity contribution in [3.63, 3.8) is 0 Å². The number of rotatable bonds is 7. The maximum absolute atomic E-state index is 6.11. The zero-order chi connectivity index (χ0) is 19.7. The van der Waals surface area contributed by atoms with E-state index in [0.717, 1.165) is 55.7 Å². The van der Waals surface area contributed by atoms with Crippen LogP contribution in [0.3, 0.4) is 0 Å². The van der Waals surface area contributed by atoms with Crippen LogP contribution in [0.25, 0.3) is 0 Å². The second-order valence-electron chi connectivity index (χ2n) is 9.88. The van der Waals surface area contributed by atoms with Crippen molar-refractivity contribution < 1.29 is 4.74 Å². The molecule has 0 N–H and O–H groups in total. The highest BCUT2D eigenvalue weighted by molar-refractivity contribution is 5.40. The van der Waals surface area contributed by atoms with Crippen molar-refractivity contribution in [2.24, 2.45) is 23.2 Å². The number of nitrogens with zero attached hydrogens (tertiary/aromatic N) is 1. The van der Waals surface area contributed by atoms with Gasteiger partial charge in [0.25, 0.3) is 0 Å². The van der Waals surface area contributed by atoms with E-state index in [9.17, 15) is 0 Å². The molecular weight excluding hydrogens is 342 g/mol. The molecule has 0 spiro atoms. The standard InChI is InChI=1S/C26H41NO/c1-5-20-9-13-25-24-11-8-19-18-21(28-17-16-27(6-2)7-3)10-12-22(19)23(24)14-15-26(20,25)4/h10,12,18,20,23-25H,5-9,11,13-17H2,1-4H3/t20-,23+,24+,25-,26+/m0/s1. The van der Waals surface area contributed by atoms with Crippen molar-refractivity contribution >= 4 is 0 Å². The molecule has 5 atom stereocenters. The summed E-state index contributed by atoms with van der Waals surface area (Å²) >= 11 is 0. The Bertz CT molecular complexity index is 666. The Hall–Kier alpha value is -1.02. The fourth-order valence-corrected chi connectivity index (χ4v) is 7.26. The maximum atomic E-state index is 6.11. The van der Waals surface area contributed by atoms with Crippen LogP contribution in [0.1, 0.15) is 83.3 Å². The lowest BCUT2D eigenvalue weighted by Crippen LogP contribution is -2.42. The molecule has 0 amide bonds. The second kappa shape index (κ2) is 8.38. The van der Waals surface area contributed by atoms with Gasteiger partial charge < -0.3 is 9.64 Å². The minimum absolute atomic E-state index is 0.626. The molecule has 2 fully saturated rings. The van der Waals surface area contributed by atoms with Crippen LogP contribution >= 0.6 is 0 Å². The Labute approximate surface area is 173 Å². The number of hydrogen-bond donors (Lipinski definition) is 0. The summed E-state index contributed by atoms with van der Waals surface area (Å²) in [6.07, 6.45) is 9.85. The summed E-state index contributed by atoms with van der Waals surface area (Å²) in [4.78, 5) is 2.42. The average molecular weight is 384 g/mol. The van der Waals surface area contributed by atoms with E-state index in [4.69, 9.17) is 4.74 Å². The number of benzene rings is 1. The second-order valence-corrected chi connectivity index (χ2v) is 9.88. The molecule has 3 aliphatic carbocycles. The summed E-state index contributed by atoms with van der Waals surface area (Å²) in [5, 5.41) is 0. The fourth-order valence-electron chi connectivity index (χ4n) is 7.26. The number of likely N-dealkylation sites (N-methyl/N-ethyl adjacent to an activating group) is 1. The Balaban J connectivity index is 1.45. The lowest BCUT2D eigenvalue weighted by Gasteiger charge is -2.51. The zero-order valence-electron chi connectivity index (χ0n) is 18.7. The zero-order valence-corrected chi connectivity index (χ0v) is 18.7. The molecule has 4 rings (SSSR count). The van der Waals surface area contributed by atoms with E-state index in [2.05, 4.69) is 50.8 Å². The van der Waals surface area contributed by atoms with Crippen LogP contribution in [0.5, 0.6) is 5.75 Å². The van der Waals surface area contributed by atoms with Gasteiger partial charge in [-0.2, -0.15) is 0 Å². The van der Waals surface area contributed by atoms with E-state index in [-0.39, 0.29) is 0 Å². The molecule has 2 nitrogen and oxygen atoms in total. The van der Waals surface area contributed by atoms with E-state index < -0.39 is 0 Å². The van der Waals surface area contributed by atoms with Gasteiger partial charge in [-0.25, -0.2) is 0 Å². The summed E-state index contributed by atoms with van der Waals surface area (Å²) in [5.74, 6) is 4.76. The van der Waals surface area contributed by atoms with Crippen LogP contribution < -0.4 is 4.74 Å². The van der Waals surface area contributed by atoms with E-state index in [1.54, 1.807) is 11.1 Å². The minimum atomic E-state index is 0.626. The first-order chi connectivity index (χ1) is 13.6. The molecule has 0 radical (unpaired) electrons. The van der Waals surface area contributed by atoms with E-state index in [0.29, 0.717) is 5.41 Å².